The SMILES string of the molecule is COc1ccc(C2CC(c3ccc4ccccc4c3)=NN2C(=O)CN2C(=O)CNC2=O)cc1. The zero-order chi connectivity index (χ0) is 22.9. The number of hydrogen-bond acceptors (Lipinski definition) is 5. The van der Waals surface area contributed by atoms with E-state index >= 15 is 0 Å². The maximum atomic E-state index is 13.2. The highest BCUT2D eigenvalue weighted by molar-refractivity contribution is 6.07. The summed E-state index contributed by atoms with van der Waals surface area (Å²) in [7, 11) is 1.60. The third kappa shape index (κ3) is 3.91. The summed E-state index contributed by atoms with van der Waals surface area (Å²) in [5.74, 6) is -0.131. The molecule has 0 aromatic heterocycles. The Morgan fingerprint density at radius 2 is 1.82 bits per heavy atom. The van der Waals surface area contributed by atoms with E-state index in [1.165, 1.54) is 5.01 Å². The molecule has 1 unspecified atom stereocenters. The number of carbonyl (C=O) groups is 3. The van der Waals surface area contributed by atoms with Gasteiger partial charge in [-0.1, -0.05) is 48.5 Å². The Labute approximate surface area is 190 Å². The van der Waals surface area contributed by atoms with Crippen molar-refractivity contribution in [2.45, 2.75) is 12.5 Å². The number of hydrazone groups is 1. The van der Waals surface area contributed by atoms with Crippen LogP contribution in [-0.2, 0) is 9.59 Å². The van der Waals surface area contributed by atoms with E-state index < -0.39 is 17.8 Å². The second-order valence-electron chi connectivity index (χ2n) is 7.98. The number of methoxy groups -OCH3 is 1. The predicted octanol–water partition coefficient (Wildman–Crippen LogP) is 3.08. The van der Waals surface area contributed by atoms with Crippen LogP contribution in [0.25, 0.3) is 10.8 Å². The van der Waals surface area contributed by atoms with Gasteiger partial charge in [0.2, 0.25) is 0 Å². The van der Waals surface area contributed by atoms with E-state index in [2.05, 4.69) is 16.5 Å². The normalized spacial score (nSPS) is 18.0. The van der Waals surface area contributed by atoms with Crippen molar-refractivity contribution >= 4 is 34.3 Å². The monoisotopic (exact) mass is 442 g/mol. The zero-order valence-corrected chi connectivity index (χ0v) is 18.0. The van der Waals surface area contributed by atoms with Gasteiger partial charge in [0.1, 0.15) is 12.3 Å². The minimum absolute atomic E-state index is 0.0976. The van der Waals surface area contributed by atoms with Crippen LogP contribution in [0.2, 0.25) is 0 Å². The molecule has 1 atom stereocenters. The van der Waals surface area contributed by atoms with Crippen molar-refractivity contribution in [2.24, 2.45) is 5.10 Å². The predicted molar refractivity (Wildman–Crippen MR) is 123 cm³/mol. The van der Waals surface area contributed by atoms with E-state index in [4.69, 9.17) is 4.74 Å². The summed E-state index contributed by atoms with van der Waals surface area (Å²) in [5, 5.41) is 10.7. The molecule has 5 rings (SSSR count). The van der Waals surface area contributed by atoms with Crippen LogP contribution >= 0.6 is 0 Å². The molecule has 2 aliphatic heterocycles. The van der Waals surface area contributed by atoms with E-state index in [0.717, 1.165) is 32.5 Å². The van der Waals surface area contributed by atoms with Crippen molar-refractivity contribution in [3.05, 3.63) is 77.9 Å². The average molecular weight is 442 g/mol. The van der Waals surface area contributed by atoms with Crippen molar-refractivity contribution in [1.29, 1.82) is 0 Å². The number of fused-ring (bicyclic) bond motifs is 1. The molecule has 1 fully saturated rings. The highest BCUT2D eigenvalue weighted by Crippen LogP contribution is 2.34. The van der Waals surface area contributed by atoms with Crippen molar-refractivity contribution in [2.75, 3.05) is 20.2 Å². The topological polar surface area (TPSA) is 91.3 Å². The lowest BCUT2D eigenvalue weighted by Crippen LogP contribution is -2.41. The van der Waals surface area contributed by atoms with Crippen LogP contribution in [0.3, 0.4) is 0 Å². The first-order valence-electron chi connectivity index (χ1n) is 10.6. The number of nitrogens with zero attached hydrogens (tertiary/aromatic N) is 3. The van der Waals surface area contributed by atoms with E-state index in [1.807, 2.05) is 60.7 Å². The van der Waals surface area contributed by atoms with Crippen LogP contribution in [0, 0.1) is 0 Å². The van der Waals surface area contributed by atoms with E-state index in [0.29, 0.717) is 12.2 Å². The van der Waals surface area contributed by atoms with Crippen LogP contribution in [0.5, 0.6) is 5.75 Å². The molecule has 4 amide bonds. The molecule has 0 bridgehead atoms. The first kappa shape index (κ1) is 20.7. The smallest absolute Gasteiger partial charge is 0.325 e. The summed E-state index contributed by atoms with van der Waals surface area (Å²) in [5.41, 5.74) is 2.59. The number of amides is 4. The van der Waals surface area contributed by atoms with E-state index in [9.17, 15) is 14.4 Å². The Morgan fingerprint density at radius 3 is 2.52 bits per heavy atom. The van der Waals surface area contributed by atoms with Crippen LogP contribution in [0.15, 0.2) is 71.8 Å². The first-order valence-corrected chi connectivity index (χ1v) is 10.6. The molecule has 0 aliphatic carbocycles. The van der Waals surface area contributed by atoms with Crippen molar-refractivity contribution in [3.8, 4) is 5.75 Å². The molecular formula is C25H22N4O4. The molecule has 2 aliphatic rings. The molecule has 166 valence electrons. The molecule has 0 spiro atoms. The number of urea groups is 1. The summed E-state index contributed by atoms with van der Waals surface area (Å²) >= 11 is 0. The molecule has 1 N–H and O–H groups in total. The molecule has 0 radical (unpaired) electrons. The number of nitrogens with one attached hydrogen (secondary N) is 1. The minimum Gasteiger partial charge on any atom is -0.497 e. The lowest BCUT2D eigenvalue weighted by molar-refractivity contribution is -0.137. The number of hydrogen-bond donors (Lipinski definition) is 1. The van der Waals surface area contributed by atoms with Gasteiger partial charge < -0.3 is 10.1 Å². The van der Waals surface area contributed by atoms with Crippen LogP contribution in [-0.4, -0.2) is 53.7 Å². The van der Waals surface area contributed by atoms with Gasteiger partial charge in [0.25, 0.3) is 11.8 Å². The molecule has 8 nitrogen and oxygen atoms in total. The summed E-state index contributed by atoms with van der Waals surface area (Å²) in [6.07, 6.45) is 0.510. The summed E-state index contributed by atoms with van der Waals surface area (Å²) in [4.78, 5) is 38.1. The van der Waals surface area contributed by atoms with Gasteiger partial charge in [0, 0.05) is 6.42 Å². The van der Waals surface area contributed by atoms with Gasteiger partial charge in [0.15, 0.2) is 0 Å². The molecule has 2 heterocycles. The number of carbonyl (C=O) groups excluding carboxylic acids is 3. The summed E-state index contributed by atoms with van der Waals surface area (Å²) < 4.78 is 5.25. The Balaban J connectivity index is 1.48. The molecule has 0 saturated carbocycles. The fourth-order valence-corrected chi connectivity index (χ4v) is 4.19. The maximum absolute atomic E-state index is 13.2. The quantitative estimate of drug-likeness (QED) is 0.615. The summed E-state index contributed by atoms with van der Waals surface area (Å²) in [6.45, 7) is -0.453. The lowest BCUT2D eigenvalue weighted by atomic mass is 9.97. The number of rotatable bonds is 5. The van der Waals surface area contributed by atoms with Crippen molar-refractivity contribution in [1.82, 2.24) is 15.2 Å². The third-order valence-corrected chi connectivity index (χ3v) is 5.98. The fraction of sp³-hybridized carbons (Fsp3) is 0.200. The lowest BCUT2D eigenvalue weighted by Gasteiger charge is -2.23. The van der Waals surface area contributed by atoms with Gasteiger partial charge in [0.05, 0.1) is 25.4 Å². The fourth-order valence-electron chi connectivity index (χ4n) is 4.19. The van der Waals surface area contributed by atoms with E-state index in [-0.39, 0.29) is 19.1 Å². The third-order valence-electron chi connectivity index (χ3n) is 5.98. The van der Waals surface area contributed by atoms with E-state index in [1.54, 1.807) is 7.11 Å². The molecule has 3 aromatic rings. The van der Waals surface area contributed by atoms with Crippen LogP contribution < -0.4 is 10.1 Å². The Kier molecular flexibility index (Phi) is 5.26. The maximum Gasteiger partial charge on any atom is 0.325 e. The second kappa shape index (κ2) is 8.38. The standard InChI is InChI=1S/C25H22N4O4/c1-33-20-10-8-17(9-11-20)22-13-21(19-7-6-16-4-2-3-5-18(16)12-19)27-29(22)24(31)15-28-23(30)14-26-25(28)32/h2-12,22H,13-15H2,1H3,(H,26,32). The molecule has 1 saturated heterocycles. The molecule has 8 heteroatoms. The largest absolute Gasteiger partial charge is 0.497 e. The van der Waals surface area contributed by atoms with Crippen molar-refractivity contribution in [3.63, 3.8) is 0 Å². The number of imide groups is 1. The van der Waals surface area contributed by atoms with Gasteiger partial charge in [-0.05, 0) is 40.1 Å². The van der Waals surface area contributed by atoms with Crippen molar-refractivity contribution < 1.29 is 19.1 Å². The molecular weight excluding hydrogens is 420 g/mol. The Morgan fingerprint density at radius 1 is 1.06 bits per heavy atom. The van der Waals surface area contributed by atoms with Gasteiger partial charge in [-0.3, -0.25) is 14.5 Å². The minimum atomic E-state index is -0.563. The second-order valence-corrected chi connectivity index (χ2v) is 7.98. The average Bonchev–Trinajstić information content (AvgIpc) is 3.43. The number of benzene rings is 3. The van der Waals surface area contributed by atoms with Gasteiger partial charge >= 0.3 is 6.03 Å². The first-order chi connectivity index (χ1) is 16.0. The zero-order valence-electron chi connectivity index (χ0n) is 18.0. The number of ether oxygens (including phenoxy) is 1. The van der Waals surface area contributed by atoms with Gasteiger partial charge in [-0.15, -0.1) is 0 Å². The molecule has 33 heavy (non-hydrogen) atoms. The molecule has 3 aromatic carbocycles. The Hall–Kier alpha value is -4.20. The van der Waals surface area contributed by atoms with Gasteiger partial charge in [-0.25, -0.2) is 9.80 Å². The Bertz CT molecular complexity index is 1270. The van der Waals surface area contributed by atoms with Crippen LogP contribution in [0.4, 0.5) is 4.79 Å². The van der Waals surface area contributed by atoms with Crippen LogP contribution in [0.1, 0.15) is 23.6 Å². The summed E-state index contributed by atoms with van der Waals surface area (Å²) in [6, 6.07) is 20.7. The highest BCUT2D eigenvalue weighted by Gasteiger charge is 2.37. The highest BCUT2D eigenvalue weighted by atomic mass is 16.5. The van der Waals surface area contributed by atoms with Gasteiger partial charge in [-0.2, -0.15) is 5.10 Å².